The van der Waals surface area contributed by atoms with Crippen molar-refractivity contribution in [2.24, 2.45) is 0 Å². The lowest BCUT2D eigenvalue weighted by Crippen LogP contribution is -2.15. The van der Waals surface area contributed by atoms with Gasteiger partial charge in [-0.1, -0.05) is 23.7 Å². The van der Waals surface area contributed by atoms with Crippen LogP contribution in [0.25, 0.3) is 0 Å². The van der Waals surface area contributed by atoms with Crippen molar-refractivity contribution < 1.29 is 33.4 Å². The number of nitrogens with zero attached hydrogens (tertiary/aromatic N) is 1. The lowest BCUT2D eigenvalue weighted by Gasteiger charge is -2.20. The predicted molar refractivity (Wildman–Crippen MR) is 121 cm³/mol. The molecule has 0 fully saturated rings. The van der Waals surface area contributed by atoms with Crippen LogP contribution in [0.3, 0.4) is 0 Å². The third kappa shape index (κ3) is 5.38. The van der Waals surface area contributed by atoms with Crippen LogP contribution in [0.1, 0.15) is 27.0 Å². The first-order valence-corrected chi connectivity index (χ1v) is 10.6. The molecule has 0 bridgehead atoms. The molecule has 0 saturated heterocycles. The van der Waals surface area contributed by atoms with E-state index < -0.39 is 10.9 Å². The molecule has 0 amide bonds. The van der Waals surface area contributed by atoms with E-state index in [1.807, 2.05) is 12.1 Å². The Bertz CT molecular complexity index is 1210. The summed E-state index contributed by atoms with van der Waals surface area (Å²) in [4.78, 5) is 23.4. The van der Waals surface area contributed by atoms with Crippen LogP contribution in [0.15, 0.2) is 54.6 Å². The van der Waals surface area contributed by atoms with Crippen LogP contribution >= 0.6 is 11.6 Å². The zero-order chi connectivity index (χ0) is 24.1. The number of rotatable bonds is 8. The summed E-state index contributed by atoms with van der Waals surface area (Å²) in [6, 6.07) is 14.6. The van der Waals surface area contributed by atoms with Gasteiger partial charge in [0.1, 0.15) is 19.0 Å². The average molecular weight is 486 g/mol. The van der Waals surface area contributed by atoms with E-state index in [-0.39, 0.29) is 31.3 Å². The Morgan fingerprint density at radius 1 is 1.09 bits per heavy atom. The zero-order valence-corrected chi connectivity index (χ0v) is 18.9. The number of carbonyl (C=O) groups is 1. The first-order chi connectivity index (χ1) is 16.4. The van der Waals surface area contributed by atoms with Crippen molar-refractivity contribution in [2.75, 3.05) is 13.9 Å². The molecule has 1 heterocycles. The van der Waals surface area contributed by atoms with Crippen LogP contribution in [0.4, 0.5) is 5.69 Å². The molecule has 0 unspecified atom stereocenters. The molecule has 3 aromatic rings. The maximum absolute atomic E-state index is 12.7. The summed E-state index contributed by atoms with van der Waals surface area (Å²) in [7, 11) is 1.47. The molecule has 176 valence electrons. The van der Waals surface area contributed by atoms with Gasteiger partial charge in [0.2, 0.25) is 0 Å². The number of fused-ring (bicyclic) bond motifs is 1. The maximum Gasteiger partial charge on any atom is 0.338 e. The Morgan fingerprint density at radius 2 is 1.88 bits per heavy atom. The minimum atomic E-state index is -0.630. The first kappa shape index (κ1) is 23.3. The molecule has 0 N–H and O–H groups in total. The van der Waals surface area contributed by atoms with E-state index in [1.165, 1.54) is 25.3 Å². The van der Waals surface area contributed by atoms with Crippen LogP contribution in [0.5, 0.6) is 17.2 Å². The largest absolute Gasteiger partial charge is 0.493 e. The van der Waals surface area contributed by atoms with E-state index in [9.17, 15) is 14.9 Å². The Hall–Kier alpha value is -3.82. The second-order valence-electron chi connectivity index (χ2n) is 7.32. The second-order valence-corrected chi connectivity index (χ2v) is 7.75. The van der Waals surface area contributed by atoms with Crippen molar-refractivity contribution in [3.63, 3.8) is 0 Å². The number of nitro benzene ring substituents is 1. The number of methoxy groups -OCH3 is 1. The molecule has 1 aliphatic heterocycles. The predicted octanol–water partition coefficient (Wildman–Crippen LogP) is 5.06. The zero-order valence-electron chi connectivity index (χ0n) is 18.1. The molecule has 0 spiro atoms. The van der Waals surface area contributed by atoms with Gasteiger partial charge in [-0.15, -0.1) is 0 Å². The fraction of sp³-hybridized carbons (Fsp3) is 0.208. The Labute approximate surface area is 199 Å². The van der Waals surface area contributed by atoms with Gasteiger partial charge in [0.25, 0.3) is 5.69 Å². The number of benzene rings is 3. The fourth-order valence-electron chi connectivity index (χ4n) is 3.38. The van der Waals surface area contributed by atoms with Gasteiger partial charge in [-0.2, -0.15) is 0 Å². The lowest BCUT2D eigenvalue weighted by atomic mass is 10.1. The second kappa shape index (κ2) is 10.4. The van der Waals surface area contributed by atoms with Gasteiger partial charge < -0.3 is 23.7 Å². The number of carbonyl (C=O) groups excluding carboxylic acids is 1. The molecule has 0 radical (unpaired) electrons. The van der Waals surface area contributed by atoms with Crippen molar-refractivity contribution in [3.05, 3.63) is 92.0 Å². The molecule has 0 aliphatic carbocycles. The lowest BCUT2D eigenvalue weighted by molar-refractivity contribution is -0.385. The third-order valence-electron chi connectivity index (χ3n) is 5.05. The normalized spacial score (nSPS) is 12.3. The number of non-ortho nitro benzene ring substituents is 1. The quantitative estimate of drug-likeness (QED) is 0.247. The minimum Gasteiger partial charge on any atom is -0.493 e. The van der Waals surface area contributed by atoms with Crippen molar-refractivity contribution in [1.29, 1.82) is 0 Å². The number of hydrogen-bond acceptors (Lipinski definition) is 8. The molecule has 0 aromatic heterocycles. The SMILES string of the molecule is COc1cc(C(=O)OCc2cc([N+](=O)[O-])cc3c2OCOC3)ccc1OCc1ccc(Cl)cc1. The highest BCUT2D eigenvalue weighted by Gasteiger charge is 2.22. The Balaban J connectivity index is 1.46. The molecule has 1 aliphatic rings. The Morgan fingerprint density at radius 3 is 2.62 bits per heavy atom. The first-order valence-electron chi connectivity index (χ1n) is 10.2. The molecular formula is C24H20ClNO8. The monoisotopic (exact) mass is 485 g/mol. The molecule has 0 atom stereocenters. The van der Waals surface area contributed by atoms with Crippen LogP contribution in [-0.4, -0.2) is 24.8 Å². The third-order valence-corrected chi connectivity index (χ3v) is 5.30. The van der Waals surface area contributed by atoms with Gasteiger partial charge in [-0.05, 0) is 35.9 Å². The van der Waals surface area contributed by atoms with Gasteiger partial charge in [0, 0.05) is 28.3 Å². The number of hydrogen-bond donors (Lipinski definition) is 0. The highest BCUT2D eigenvalue weighted by atomic mass is 35.5. The van der Waals surface area contributed by atoms with Gasteiger partial charge in [-0.3, -0.25) is 10.1 Å². The van der Waals surface area contributed by atoms with Crippen LogP contribution < -0.4 is 14.2 Å². The molecule has 10 heteroatoms. The van der Waals surface area contributed by atoms with E-state index in [0.717, 1.165) is 5.56 Å². The summed E-state index contributed by atoms with van der Waals surface area (Å²) in [6.07, 6.45) is 0. The summed E-state index contributed by atoms with van der Waals surface area (Å²) in [5.41, 5.74) is 1.93. The summed E-state index contributed by atoms with van der Waals surface area (Å²) in [5, 5.41) is 11.9. The van der Waals surface area contributed by atoms with Crippen molar-refractivity contribution in [2.45, 2.75) is 19.8 Å². The summed E-state index contributed by atoms with van der Waals surface area (Å²) >= 11 is 5.90. The van der Waals surface area contributed by atoms with E-state index in [4.69, 9.17) is 35.3 Å². The molecule has 4 rings (SSSR count). The molecule has 34 heavy (non-hydrogen) atoms. The fourth-order valence-corrected chi connectivity index (χ4v) is 3.50. The minimum absolute atomic E-state index is 0.0143. The van der Waals surface area contributed by atoms with Crippen LogP contribution in [-0.2, 0) is 29.3 Å². The van der Waals surface area contributed by atoms with Crippen LogP contribution in [0, 0.1) is 10.1 Å². The van der Waals surface area contributed by atoms with Crippen molar-refractivity contribution in [3.8, 4) is 17.2 Å². The summed E-state index contributed by atoms with van der Waals surface area (Å²) in [5.74, 6) is 0.606. The number of ether oxygens (including phenoxy) is 5. The highest BCUT2D eigenvalue weighted by molar-refractivity contribution is 6.30. The maximum atomic E-state index is 12.7. The number of nitro groups is 1. The van der Waals surface area contributed by atoms with E-state index in [0.29, 0.717) is 40.0 Å². The Kier molecular flexibility index (Phi) is 7.15. The van der Waals surface area contributed by atoms with E-state index in [2.05, 4.69) is 0 Å². The van der Waals surface area contributed by atoms with Gasteiger partial charge in [0.05, 0.1) is 24.2 Å². The standard InChI is InChI=1S/C24H20ClNO8/c1-30-22-10-16(4-7-21(22)32-11-15-2-5-19(25)6-3-15)24(27)33-13-18-9-20(26(28)29)8-17-12-31-14-34-23(17)18/h2-10H,11-14H2,1H3. The molecular weight excluding hydrogens is 466 g/mol. The molecule has 0 saturated carbocycles. The smallest absolute Gasteiger partial charge is 0.338 e. The van der Waals surface area contributed by atoms with E-state index >= 15 is 0 Å². The van der Waals surface area contributed by atoms with Gasteiger partial charge in [-0.25, -0.2) is 4.79 Å². The number of halogens is 1. The van der Waals surface area contributed by atoms with Crippen molar-refractivity contribution >= 4 is 23.3 Å². The number of esters is 1. The van der Waals surface area contributed by atoms with Gasteiger partial charge in [0.15, 0.2) is 18.3 Å². The van der Waals surface area contributed by atoms with Crippen LogP contribution in [0.2, 0.25) is 5.02 Å². The molecule has 3 aromatic carbocycles. The molecule has 9 nitrogen and oxygen atoms in total. The topological polar surface area (TPSA) is 106 Å². The van der Waals surface area contributed by atoms with Gasteiger partial charge >= 0.3 is 5.97 Å². The highest BCUT2D eigenvalue weighted by Crippen LogP contribution is 2.34. The summed E-state index contributed by atoms with van der Waals surface area (Å²) < 4.78 is 27.2. The summed E-state index contributed by atoms with van der Waals surface area (Å²) in [6.45, 7) is 0.270. The van der Waals surface area contributed by atoms with Crippen molar-refractivity contribution in [1.82, 2.24) is 0 Å². The van der Waals surface area contributed by atoms with E-state index in [1.54, 1.807) is 24.3 Å². The average Bonchev–Trinajstić information content (AvgIpc) is 2.86.